The number of Topliss-reactive ketones (excluding diaryl/α,β-unsaturated/α-hetero) is 1. The number of allylic oxidation sites excluding steroid dienone is 1. The molecular weight excluding hydrogens is 312 g/mol. The lowest BCUT2D eigenvalue weighted by Crippen LogP contribution is -2.51. The first kappa shape index (κ1) is 16.9. The molecule has 0 spiro atoms. The molecule has 0 aliphatic heterocycles. The summed E-state index contributed by atoms with van der Waals surface area (Å²) in [5.74, 6) is 2.21. The molecule has 134 valence electrons. The molecule has 0 bridgehead atoms. The average molecular weight is 340 g/mol. The average Bonchev–Trinajstić information content (AvgIpc) is 2.93. The van der Waals surface area contributed by atoms with Crippen LogP contribution in [0.5, 0.6) is 0 Å². The third kappa shape index (κ3) is 2.33. The second kappa shape index (κ2) is 5.74. The fourth-order valence-electron chi connectivity index (χ4n) is 7.17. The van der Waals surface area contributed by atoms with E-state index >= 15 is 0 Å². The van der Waals surface area contributed by atoms with E-state index in [4.69, 9.17) is 5.53 Å². The molecule has 0 radical (unpaired) electrons. The summed E-state index contributed by atoms with van der Waals surface area (Å²) in [4.78, 5) is 27.3. The Morgan fingerprint density at radius 3 is 2.72 bits per heavy atom. The molecule has 4 rings (SSSR count). The Labute approximate surface area is 149 Å². The Balaban J connectivity index is 1.64. The first-order chi connectivity index (χ1) is 11.9. The van der Waals surface area contributed by atoms with Crippen LogP contribution in [-0.2, 0) is 9.59 Å². The predicted molar refractivity (Wildman–Crippen MR) is 94.9 cm³/mol. The molecule has 0 N–H and O–H groups in total. The van der Waals surface area contributed by atoms with Gasteiger partial charge in [0.15, 0.2) is 5.78 Å². The van der Waals surface area contributed by atoms with Gasteiger partial charge in [-0.25, -0.2) is 0 Å². The van der Waals surface area contributed by atoms with E-state index in [1.54, 1.807) is 0 Å². The number of rotatable bonds is 2. The molecule has 0 amide bonds. The molecule has 3 fully saturated rings. The Kier molecular flexibility index (Phi) is 3.88. The molecule has 0 aromatic rings. The molecule has 0 unspecified atom stereocenters. The normalized spacial score (nSPS) is 45.5. The molecule has 0 saturated heterocycles. The minimum absolute atomic E-state index is 0.00295. The van der Waals surface area contributed by atoms with E-state index in [9.17, 15) is 9.59 Å². The van der Waals surface area contributed by atoms with Crippen LogP contribution in [0.25, 0.3) is 5.53 Å². The maximum atomic E-state index is 12.4. The van der Waals surface area contributed by atoms with Crippen LogP contribution in [0.2, 0.25) is 0 Å². The molecule has 4 aliphatic rings. The molecule has 6 atom stereocenters. The van der Waals surface area contributed by atoms with Gasteiger partial charge in [-0.2, -0.15) is 4.79 Å². The first-order valence-electron chi connectivity index (χ1n) is 9.85. The summed E-state index contributed by atoms with van der Waals surface area (Å²) < 4.78 is 0. The Morgan fingerprint density at radius 2 is 1.96 bits per heavy atom. The summed E-state index contributed by atoms with van der Waals surface area (Å²) in [6.45, 7) is 4.69. The van der Waals surface area contributed by atoms with Crippen LogP contribution in [0.3, 0.4) is 0 Å². The predicted octanol–water partition coefficient (Wildman–Crippen LogP) is 4.00. The Bertz CT molecular complexity index is 705. The third-order valence-corrected chi connectivity index (χ3v) is 8.49. The van der Waals surface area contributed by atoms with Gasteiger partial charge in [0.05, 0.1) is 0 Å². The zero-order chi connectivity index (χ0) is 17.8. The summed E-state index contributed by atoms with van der Waals surface area (Å²) in [6.07, 6.45) is 11.2. The van der Waals surface area contributed by atoms with Crippen molar-refractivity contribution in [3.63, 3.8) is 0 Å². The number of carbonyl (C=O) groups is 2. The summed E-state index contributed by atoms with van der Waals surface area (Å²) in [5.41, 5.74) is 10.4. The molecule has 3 saturated carbocycles. The minimum Gasteiger partial charge on any atom is -0.361 e. The maximum Gasteiger partial charge on any atom is 0.323 e. The molecule has 4 heteroatoms. The number of carbonyl (C=O) groups excluding carboxylic acids is 2. The van der Waals surface area contributed by atoms with Gasteiger partial charge in [0.2, 0.25) is 5.78 Å². The first-order valence-corrected chi connectivity index (χ1v) is 9.85. The summed E-state index contributed by atoms with van der Waals surface area (Å²) in [6, 6.07) is 0. The van der Waals surface area contributed by atoms with Gasteiger partial charge in [-0.3, -0.25) is 9.59 Å². The summed E-state index contributed by atoms with van der Waals surface area (Å²) >= 11 is 0. The van der Waals surface area contributed by atoms with Crippen LogP contribution in [0.15, 0.2) is 11.6 Å². The SMILES string of the molecule is C[C@]12CC[C@H]3[C@@H](CCC4=CC(=O)CC[C@@]43C)[C@@H]1CC[C@@H]2C(=O)C=[N+]=[N-]. The van der Waals surface area contributed by atoms with Crippen molar-refractivity contribution in [2.45, 2.75) is 65.2 Å². The van der Waals surface area contributed by atoms with Crippen molar-refractivity contribution < 1.29 is 14.4 Å². The van der Waals surface area contributed by atoms with Gasteiger partial charge in [-0.05, 0) is 79.6 Å². The molecule has 4 nitrogen and oxygen atoms in total. The quantitative estimate of drug-likeness (QED) is 0.433. The van der Waals surface area contributed by atoms with Gasteiger partial charge in [-0.1, -0.05) is 19.4 Å². The number of hydrogen-bond donors (Lipinski definition) is 0. The molecule has 4 aliphatic carbocycles. The number of fused-ring (bicyclic) bond motifs is 5. The van der Waals surface area contributed by atoms with Crippen molar-refractivity contribution in [1.82, 2.24) is 0 Å². The second-order valence-corrected chi connectivity index (χ2v) is 9.29. The van der Waals surface area contributed by atoms with E-state index in [2.05, 4.69) is 18.6 Å². The highest BCUT2D eigenvalue weighted by Gasteiger charge is 2.60. The minimum atomic E-state index is -0.00295. The zero-order valence-corrected chi connectivity index (χ0v) is 15.3. The van der Waals surface area contributed by atoms with Crippen molar-refractivity contribution in [2.24, 2.45) is 34.5 Å². The van der Waals surface area contributed by atoms with E-state index < -0.39 is 0 Å². The van der Waals surface area contributed by atoms with Gasteiger partial charge < -0.3 is 5.53 Å². The standard InChI is InChI=1S/C21H28N2O2/c1-20-9-7-14(24)11-13(20)3-4-15-16-5-6-18(19(25)12-23-22)21(16,2)10-8-17(15)20/h11-12,15-18H,3-10H2,1-2H3/t15-,16-,17-,18+,20-,21-/m0/s1. The van der Waals surface area contributed by atoms with E-state index in [0.29, 0.717) is 30.0 Å². The Morgan fingerprint density at radius 1 is 1.16 bits per heavy atom. The highest BCUT2D eigenvalue weighted by molar-refractivity contribution is 6.26. The lowest BCUT2D eigenvalue weighted by Gasteiger charge is -2.57. The highest BCUT2D eigenvalue weighted by Crippen LogP contribution is 2.66. The monoisotopic (exact) mass is 340 g/mol. The lowest BCUT2D eigenvalue weighted by molar-refractivity contribution is -0.127. The topological polar surface area (TPSA) is 70.5 Å². The highest BCUT2D eigenvalue weighted by atomic mass is 16.1. The molecular formula is C21H28N2O2. The van der Waals surface area contributed by atoms with Crippen LogP contribution in [-0.4, -0.2) is 22.6 Å². The largest absolute Gasteiger partial charge is 0.361 e. The van der Waals surface area contributed by atoms with Crippen molar-refractivity contribution in [3.05, 3.63) is 17.2 Å². The molecule has 0 aromatic heterocycles. The fourth-order valence-corrected chi connectivity index (χ4v) is 7.17. The van der Waals surface area contributed by atoms with E-state index in [1.807, 2.05) is 6.08 Å². The molecule has 0 heterocycles. The van der Waals surface area contributed by atoms with Gasteiger partial charge in [0.25, 0.3) is 0 Å². The molecule has 25 heavy (non-hydrogen) atoms. The fraction of sp³-hybridized carbons (Fsp3) is 0.762. The van der Waals surface area contributed by atoms with Crippen molar-refractivity contribution in [2.75, 3.05) is 0 Å². The lowest BCUT2D eigenvalue weighted by atomic mass is 9.46. The van der Waals surface area contributed by atoms with Gasteiger partial charge >= 0.3 is 6.21 Å². The van der Waals surface area contributed by atoms with Gasteiger partial charge in [-0.15, -0.1) is 0 Å². The van der Waals surface area contributed by atoms with Crippen LogP contribution in [0, 0.1) is 34.5 Å². The molecule has 0 aromatic carbocycles. The van der Waals surface area contributed by atoms with Crippen LogP contribution in [0.4, 0.5) is 0 Å². The number of ketones is 2. The van der Waals surface area contributed by atoms with Crippen LogP contribution in [0.1, 0.15) is 65.2 Å². The summed E-state index contributed by atoms with van der Waals surface area (Å²) in [5, 5.41) is 0. The maximum absolute atomic E-state index is 12.4. The summed E-state index contributed by atoms with van der Waals surface area (Å²) in [7, 11) is 0. The third-order valence-electron chi connectivity index (χ3n) is 8.49. The second-order valence-electron chi connectivity index (χ2n) is 9.29. The van der Waals surface area contributed by atoms with E-state index in [1.165, 1.54) is 5.57 Å². The smallest absolute Gasteiger partial charge is 0.323 e. The zero-order valence-electron chi connectivity index (χ0n) is 15.3. The number of nitrogens with zero attached hydrogens (tertiary/aromatic N) is 2. The van der Waals surface area contributed by atoms with Gasteiger partial charge in [0.1, 0.15) is 0 Å². The Hall–Kier alpha value is -1.54. The van der Waals surface area contributed by atoms with Crippen molar-refractivity contribution in [3.8, 4) is 0 Å². The van der Waals surface area contributed by atoms with E-state index in [-0.39, 0.29) is 22.5 Å². The van der Waals surface area contributed by atoms with Gasteiger partial charge in [0, 0.05) is 12.3 Å². The number of hydrogen-bond acceptors (Lipinski definition) is 2. The van der Waals surface area contributed by atoms with Crippen LogP contribution < -0.4 is 0 Å². The van der Waals surface area contributed by atoms with Crippen molar-refractivity contribution >= 4 is 17.8 Å². The van der Waals surface area contributed by atoms with Crippen LogP contribution >= 0.6 is 0 Å². The van der Waals surface area contributed by atoms with Crippen molar-refractivity contribution in [1.29, 1.82) is 0 Å². The van der Waals surface area contributed by atoms with E-state index in [0.717, 1.165) is 51.2 Å².